The molecule has 25 heavy (non-hydrogen) atoms. The van der Waals surface area contributed by atoms with Crippen LogP contribution in [0.5, 0.6) is 0 Å². The molecule has 1 atom stereocenters. The Morgan fingerprint density at radius 2 is 2.16 bits per heavy atom. The molecular formula is C19H25N5O. The molecule has 0 radical (unpaired) electrons. The first-order valence-corrected chi connectivity index (χ1v) is 9.01. The Labute approximate surface area is 148 Å². The van der Waals surface area contributed by atoms with Crippen molar-refractivity contribution in [3.8, 4) is 0 Å². The Morgan fingerprint density at radius 1 is 1.28 bits per heavy atom. The fourth-order valence-electron chi connectivity index (χ4n) is 3.57. The van der Waals surface area contributed by atoms with Crippen LogP contribution in [-0.2, 0) is 24.9 Å². The van der Waals surface area contributed by atoms with Crippen molar-refractivity contribution in [1.29, 1.82) is 0 Å². The number of aromatic nitrogens is 4. The quantitative estimate of drug-likeness (QED) is 0.717. The van der Waals surface area contributed by atoms with Gasteiger partial charge in [0, 0.05) is 38.4 Å². The predicted molar refractivity (Wildman–Crippen MR) is 97.2 cm³/mol. The zero-order valence-electron chi connectivity index (χ0n) is 14.9. The zero-order chi connectivity index (χ0) is 17.2. The first-order valence-electron chi connectivity index (χ1n) is 9.01. The van der Waals surface area contributed by atoms with Crippen LogP contribution in [0.25, 0.3) is 11.0 Å². The van der Waals surface area contributed by atoms with Crippen molar-refractivity contribution in [1.82, 2.24) is 24.2 Å². The van der Waals surface area contributed by atoms with Crippen LogP contribution in [0.3, 0.4) is 0 Å². The number of hydrogen-bond acceptors (Lipinski definition) is 4. The highest BCUT2D eigenvalue weighted by molar-refractivity contribution is 5.75. The molecule has 0 unspecified atom stereocenters. The summed E-state index contributed by atoms with van der Waals surface area (Å²) in [5.41, 5.74) is 3.47. The molecule has 2 aromatic heterocycles. The molecule has 1 aliphatic rings. The van der Waals surface area contributed by atoms with E-state index in [2.05, 4.69) is 45.8 Å². The highest BCUT2D eigenvalue weighted by Gasteiger charge is 2.24. The number of benzene rings is 1. The van der Waals surface area contributed by atoms with E-state index in [1.165, 1.54) is 5.52 Å². The summed E-state index contributed by atoms with van der Waals surface area (Å²) in [5, 5.41) is 4.27. The number of rotatable bonds is 5. The Kier molecular flexibility index (Phi) is 4.55. The van der Waals surface area contributed by atoms with Crippen LogP contribution in [0.15, 0.2) is 36.7 Å². The standard InChI is InChI=1S/C19H25N5O/c1-3-8-24-17-7-5-4-6-16(17)21-19(24)14-23-9-10-25-18(13-23)15-11-20-22(2)12-15/h4-7,11-12,18H,3,8-10,13-14H2,1-2H3/t18-/m0/s1. The lowest BCUT2D eigenvalue weighted by Gasteiger charge is -2.32. The lowest BCUT2D eigenvalue weighted by molar-refractivity contribution is -0.0339. The molecule has 0 spiro atoms. The van der Waals surface area contributed by atoms with E-state index in [1.54, 1.807) is 0 Å². The van der Waals surface area contributed by atoms with Gasteiger partial charge in [0.25, 0.3) is 0 Å². The molecule has 3 aromatic rings. The number of imidazole rings is 1. The summed E-state index contributed by atoms with van der Waals surface area (Å²) >= 11 is 0. The van der Waals surface area contributed by atoms with Crippen LogP contribution in [0.1, 0.15) is 30.8 Å². The van der Waals surface area contributed by atoms with E-state index < -0.39 is 0 Å². The van der Waals surface area contributed by atoms with Crippen molar-refractivity contribution in [3.63, 3.8) is 0 Å². The fraction of sp³-hybridized carbons (Fsp3) is 0.474. The van der Waals surface area contributed by atoms with Crippen molar-refractivity contribution >= 4 is 11.0 Å². The van der Waals surface area contributed by atoms with Gasteiger partial charge in [0.2, 0.25) is 0 Å². The summed E-state index contributed by atoms with van der Waals surface area (Å²) in [4.78, 5) is 7.33. The third kappa shape index (κ3) is 3.32. The molecule has 0 N–H and O–H groups in total. The molecule has 0 amide bonds. The van der Waals surface area contributed by atoms with E-state index in [0.29, 0.717) is 0 Å². The van der Waals surface area contributed by atoms with Crippen molar-refractivity contribution in [3.05, 3.63) is 48.0 Å². The second-order valence-corrected chi connectivity index (χ2v) is 6.71. The van der Waals surface area contributed by atoms with Gasteiger partial charge in [0.05, 0.1) is 36.5 Å². The van der Waals surface area contributed by atoms with Crippen molar-refractivity contribution in [2.75, 3.05) is 19.7 Å². The summed E-state index contributed by atoms with van der Waals surface area (Å²) in [6.07, 6.45) is 5.14. The van der Waals surface area contributed by atoms with E-state index in [4.69, 9.17) is 9.72 Å². The topological polar surface area (TPSA) is 48.1 Å². The Bertz CT molecular complexity index is 852. The minimum absolute atomic E-state index is 0.0893. The normalized spacial score (nSPS) is 18.9. The molecule has 6 nitrogen and oxygen atoms in total. The average molecular weight is 339 g/mol. The largest absolute Gasteiger partial charge is 0.371 e. The molecule has 0 saturated carbocycles. The van der Waals surface area contributed by atoms with E-state index in [9.17, 15) is 0 Å². The molecule has 3 heterocycles. The number of aryl methyl sites for hydroxylation is 2. The molecule has 132 valence electrons. The first kappa shape index (κ1) is 16.3. The summed E-state index contributed by atoms with van der Waals surface area (Å²) in [5.74, 6) is 1.15. The lowest BCUT2D eigenvalue weighted by Crippen LogP contribution is -2.38. The number of hydrogen-bond donors (Lipinski definition) is 0. The molecule has 1 fully saturated rings. The number of morpholine rings is 1. The maximum Gasteiger partial charge on any atom is 0.124 e. The lowest BCUT2D eigenvalue weighted by atomic mass is 10.1. The predicted octanol–water partition coefficient (Wildman–Crippen LogP) is 2.75. The van der Waals surface area contributed by atoms with Crippen molar-refractivity contribution in [2.45, 2.75) is 32.5 Å². The van der Waals surface area contributed by atoms with Gasteiger partial charge in [0.15, 0.2) is 0 Å². The van der Waals surface area contributed by atoms with E-state index in [-0.39, 0.29) is 6.10 Å². The smallest absolute Gasteiger partial charge is 0.124 e. The molecular weight excluding hydrogens is 314 g/mol. The first-order chi connectivity index (χ1) is 12.2. The van der Waals surface area contributed by atoms with E-state index >= 15 is 0 Å². The van der Waals surface area contributed by atoms with Crippen LogP contribution in [-0.4, -0.2) is 43.9 Å². The van der Waals surface area contributed by atoms with Crippen LogP contribution >= 0.6 is 0 Å². The minimum atomic E-state index is 0.0893. The number of para-hydroxylation sites is 2. The van der Waals surface area contributed by atoms with Gasteiger partial charge in [-0.1, -0.05) is 19.1 Å². The second-order valence-electron chi connectivity index (χ2n) is 6.71. The van der Waals surface area contributed by atoms with Crippen molar-refractivity contribution < 1.29 is 4.74 Å². The van der Waals surface area contributed by atoms with Gasteiger partial charge in [-0.05, 0) is 18.6 Å². The third-order valence-corrected chi connectivity index (χ3v) is 4.79. The molecule has 0 aliphatic carbocycles. The monoisotopic (exact) mass is 339 g/mol. The second kappa shape index (κ2) is 6.98. The van der Waals surface area contributed by atoms with Gasteiger partial charge in [-0.3, -0.25) is 9.58 Å². The maximum absolute atomic E-state index is 5.96. The molecule has 0 bridgehead atoms. The fourth-order valence-corrected chi connectivity index (χ4v) is 3.57. The highest BCUT2D eigenvalue weighted by atomic mass is 16.5. The van der Waals surface area contributed by atoms with Crippen LogP contribution in [0.2, 0.25) is 0 Å². The van der Waals surface area contributed by atoms with E-state index in [0.717, 1.165) is 56.1 Å². The number of fused-ring (bicyclic) bond motifs is 1. The molecule has 4 rings (SSSR count). The summed E-state index contributed by atoms with van der Waals surface area (Å²) in [6, 6.07) is 8.41. The Hall–Kier alpha value is -2.18. The highest BCUT2D eigenvalue weighted by Crippen LogP contribution is 2.24. The van der Waals surface area contributed by atoms with Gasteiger partial charge < -0.3 is 9.30 Å². The van der Waals surface area contributed by atoms with Gasteiger partial charge >= 0.3 is 0 Å². The maximum atomic E-state index is 5.96. The summed E-state index contributed by atoms with van der Waals surface area (Å²) in [7, 11) is 1.94. The number of nitrogens with zero attached hydrogens (tertiary/aromatic N) is 5. The van der Waals surface area contributed by atoms with Gasteiger partial charge in [-0.25, -0.2) is 4.98 Å². The third-order valence-electron chi connectivity index (χ3n) is 4.79. The SMILES string of the molecule is CCCn1c(CN2CCO[C@H](c3cnn(C)c3)C2)nc2ccccc21. The minimum Gasteiger partial charge on any atom is -0.371 e. The summed E-state index contributed by atoms with van der Waals surface area (Å²) in [6.45, 7) is 6.63. The number of ether oxygens (including phenoxy) is 1. The Morgan fingerprint density at radius 3 is 2.96 bits per heavy atom. The summed E-state index contributed by atoms with van der Waals surface area (Å²) < 4.78 is 10.2. The molecule has 6 heteroatoms. The van der Waals surface area contributed by atoms with Crippen LogP contribution in [0, 0.1) is 0 Å². The van der Waals surface area contributed by atoms with Crippen LogP contribution in [0.4, 0.5) is 0 Å². The van der Waals surface area contributed by atoms with Crippen molar-refractivity contribution in [2.24, 2.45) is 7.05 Å². The Balaban J connectivity index is 1.55. The van der Waals surface area contributed by atoms with Gasteiger partial charge in [0.1, 0.15) is 5.82 Å². The zero-order valence-corrected chi connectivity index (χ0v) is 14.9. The molecule has 1 saturated heterocycles. The average Bonchev–Trinajstić information content (AvgIpc) is 3.20. The molecule has 1 aromatic carbocycles. The van der Waals surface area contributed by atoms with E-state index in [1.807, 2.05) is 24.1 Å². The van der Waals surface area contributed by atoms with Gasteiger partial charge in [-0.15, -0.1) is 0 Å². The molecule has 1 aliphatic heterocycles. The van der Waals surface area contributed by atoms with Crippen LogP contribution < -0.4 is 0 Å². The van der Waals surface area contributed by atoms with Gasteiger partial charge in [-0.2, -0.15) is 5.10 Å².